The molecular formula is C20H26N2O3S. The summed E-state index contributed by atoms with van der Waals surface area (Å²) in [5, 5.41) is 2.86. The number of benzene rings is 2. The third-order valence-corrected chi connectivity index (χ3v) is 5.20. The minimum absolute atomic E-state index is 0.134. The Kier molecular flexibility index (Phi) is 6.21. The van der Waals surface area contributed by atoms with Gasteiger partial charge in [0.05, 0.1) is 12.8 Å². The van der Waals surface area contributed by atoms with Crippen LogP contribution in [0.15, 0.2) is 54.6 Å². The number of carbonyl (C=O) groups excluding carboxylic acids is 1. The summed E-state index contributed by atoms with van der Waals surface area (Å²) >= 11 is 0. The molecule has 2 rings (SSSR count). The topological polar surface area (TPSA) is 66.5 Å². The Bertz CT molecular complexity index is 856. The van der Waals surface area contributed by atoms with E-state index in [4.69, 9.17) is 0 Å². The van der Waals surface area contributed by atoms with E-state index in [0.717, 1.165) is 17.4 Å². The highest BCUT2D eigenvalue weighted by Gasteiger charge is 2.23. The van der Waals surface area contributed by atoms with Crippen LogP contribution >= 0.6 is 0 Å². The van der Waals surface area contributed by atoms with Gasteiger partial charge in [-0.3, -0.25) is 4.79 Å². The smallest absolute Gasteiger partial charge is 0.239 e. The highest BCUT2D eigenvalue weighted by atomic mass is 32.2. The largest absolute Gasteiger partial charge is 0.325 e. The van der Waals surface area contributed by atoms with Crippen LogP contribution in [0.25, 0.3) is 0 Å². The lowest BCUT2D eigenvalue weighted by atomic mass is 9.86. The highest BCUT2D eigenvalue weighted by Crippen LogP contribution is 2.29. The summed E-state index contributed by atoms with van der Waals surface area (Å²) in [6.07, 6.45) is 1.12. The van der Waals surface area contributed by atoms with Crippen LogP contribution in [0.3, 0.4) is 0 Å². The number of nitrogens with zero attached hydrogens (tertiary/aromatic N) is 1. The molecule has 140 valence electrons. The van der Waals surface area contributed by atoms with Crippen molar-refractivity contribution in [3.63, 3.8) is 0 Å². The number of nitrogens with one attached hydrogen (secondary N) is 1. The molecule has 26 heavy (non-hydrogen) atoms. The van der Waals surface area contributed by atoms with Gasteiger partial charge in [-0.1, -0.05) is 69.3 Å². The maximum Gasteiger partial charge on any atom is 0.239 e. The lowest BCUT2D eigenvalue weighted by Crippen LogP contribution is -2.37. The fourth-order valence-corrected chi connectivity index (χ4v) is 3.41. The molecule has 0 bridgehead atoms. The number of amides is 1. The van der Waals surface area contributed by atoms with E-state index in [1.807, 2.05) is 54.6 Å². The first-order valence-corrected chi connectivity index (χ1v) is 10.3. The first-order chi connectivity index (χ1) is 12.1. The first kappa shape index (κ1) is 20.1. The van der Waals surface area contributed by atoms with Gasteiger partial charge in [-0.05, 0) is 22.6 Å². The SMILES string of the molecule is CC(C)(C)c1ccccc1NC(=O)CN(Cc1ccccc1)S(C)(=O)=O. The van der Waals surface area contributed by atoms with Crippen molar-refractivity contribution in [3.05, 3.63) is 65.7 Å². The van der Waals surface area contributed by atoms with Gasteiger partial charge in [0.15, 0.2) is 0 Å². The van der Waals surface area contributed by atoms with E-state index in [1.54, 1.807) is 0 Å². The minimum Gasteiger partial charge on any atom is -0.325 e. The number of hydrogen-bond acceptors (Lipinski definition) is 3. The molecule has 2 aromatic carbocycles. The predicted molar refractivity (Wildman–Crippen MR) is 105 cm³/mol. The average molecular weight is 375 g/mol. The summed E-state index contributed by atoms with van der Waals surface area (Å²) in [7, 11) is -3.52. The third kappa shape index (κ3) is 5.68. The van der Waals surface area contributed by atoms with Crippen molar-refractivity contribution in [2.75, 3.05) is 18.1 Å². The molecule has 5 nitrogen and oxygen atoms in total. The molecule has 1 N–H and O–H groups in total. The van der Waals surface area contributed by atoms with E-state index in [2.05, 4.69) is 26.1 Å². The van der Waals surface area contributed by atoms with Crippen molar-refractivity contribution in [1.29, 1.82) is 0 Å². The second-order valence-electron chi connectivity index (χ2n) is 7.36. The zero-order chi connectivity index (χ0) is 19.4. The van der Waals surface area contributed by atoms with Crippen molar-refractivity contribution in [2.24, 2.45) is 0 Å². The van der Waals surface area contributed by atoms with E-state index in [-0.39, 0.29) is 24.4 Å². The fourth-order valence-electron chi connectivity index (χ4n) is 2.67. The number of para-hydroxylation sites is 1. The lowest BCUT2D eigenvalue weighted by molar-refractivity contribution is -0.116. The van der Waals surface area contributed by atoms with Gasteiger partial charge in [0, 0.05) is 12.2 Å². The van der Waals surface area contributed by atoms with Gasteiger partial charge < -0.3 is 5.32 Å². The second-order valence-corrected chi connectivity index (χ2v) is 9.34. The molecule has 0 radical (unpaired) electrons. The standard InChI is InChI=1S/C20H26N2O3S/c1-20(2,3)17-12-8-9-13-18(17)21-19(23)15-22(26(4,24)25)14-16-10-6-5-7-11-16/h5-13H,14-15H2,1-4H3,(H,21,23). The van der Waals surface area contributed by atoms with Crippen LogP contribution in [0.5, 0.6) is 0 Å². The molecule has 0 aliphatic heterocycles. The summed E-state index contributed by atoms with van der Waals surface area (Å²) < 4.78 is 25.4. The molecule has 0 saturated carbocycles. The van der Waals surface area contributed by atoms with Gasteiger partial charge in [-0.15, -0.1) is 0 Å². The van der Waals surface area contributed by atoms with Crippen molar-refractivity contribution in [2.45, 2.75) is 32.7 Å². The van der Waals surface area contributed by atoms with Crippen LogP contribution in [0, 0.1) is 0 Å². The molecule has 0 saturated heterocycles. The lowest BCUT2D eigenvalue weighted by Gasteiger charge is -2.24. The van der Waals surface area contributed by atoms with Crippen LogP contribution in [-0.2, 0) is 26.8 Å². The summed E-state index contributed by atoms with van der Waals surface area (Å²) in [6.45, 7) is 6.13. The number of sulfonamides is 1. The molecule has 0 spiro atoms. The van der Waals surface area contributed by atoms with Crippen LogP contribution in [0.2, 0.25) is 0 Å². The van der Waals surface area contributed by atoms with Crippen LogP contribution in [0.1, 0.15) is 31.9 Å². The molecular weight excluding hydrogens is 348 g/mol. The Morgan fingerprint density at radius 2 is 1.58 bits per heavy atom. The minimum atomic E-state index is -3.52. The van der Waals surface area contributed by atoms with E-state index >= 15 is 0 Å². The Morgan fingerprint density at radius 1 is 1.00 bits per heavy atom. The second kappa shape index (κ2) is 8.01. The highest BCUT2D eigenvalue weighted by molar-refractivity contribution is 7.88. The summed E-state index contributed by atoms with van der Waals surface area (Å²) in [4.78, 5) is 12.5. The van der Waals surface area contributed by atoms with Crippen LogP contribution in [-0.4, -0.2) is 31.4 Å². The Balaban J connectivity index is 2.16. The molecule has 1 amide bonds. The number of hydrogen-bond donors (Lipinski definition) is 1. The van der Waals surface area contributed by atoms with Crippen LogP contribution < -0.4 is 5.32 Å². The maximum absolute atomic E-state index is 12.5. The summed E-state index contributed by atoms with van der Waals surface area (Å²) in [5.74, 6) is -0.358. The van der Waals surface area contributed by atoms with Gasteiger partial charge in [0.25, 0.3) is 0 Å². The van der Waals surface area contributed by atoms with Gasteiger partial charge >= 0.3 is 0 Å². The monoisotopic (exact) mass is 374 g/mol. The zero-order valence-electron chi connectivity index (χ0n) is 15.7. The fraction of sp³-hybridized carbons (Fsp3) is 0.350. The van der Waals surface area contributed by atoms with E-state index in [9.17, 15) is 13.2 Å². The van der Waals surface area contributed by atoms with E-state index in [0.29, 0.717) is 5.69 Å². The quantitative estimate of drug-likeness (QED) is 0.843. The molecule has 0 aromatic heterocycles. The van der Waals surface area contributed by atoms with Gasteiger partial charge in [-0.25, -0.2) is 8.42 Å². The Hall–Kier alpha value is -2.18. The maximum atomic E-state index is 12.5. The molecule has 0 aliphatic rings. The third-order valence-electron chi connectivity index (χ3n) is 4.00. The van der Waals surface area contributed by atoms with Crippen LogP contribution in [0.4, 0.5) is 5.69 Å². The van der Waals surface area contributed by atoms with Crippen molar-refractivity contribution in [3.8, 4) is 0 Å². The molecule has 2 aromatic rings. The normalized spacial score (nSPS) is 12.2. The molecule has 0 aliphatic carbocycles. The predicted octanol–water partition coefficient (Wildman–Crippen LogP) is 3.38. The molecule has 0 unspecified atom stereocenters. The van der Waals surface area contributed by atoms with E-state index < -0.39 is 10.0 Å². The number of carbonyl (C=O) groups is 1. The summed E-state index contributed by atoms with van der Waals surface area (Å²) in [6, 6.07) is 16.8. The van der Waals surface area contributed by atoms with Crippen molar-refractivity contribution < 1.29 is 13.2 Å². The van der Waals surface area contributed by atoms with Gasteiger partial charge in [-0.2, -0.15) is 4.31 Å². The molecule has 6 heteroatoms. The summed E-state index contributed by atoms with van der Waals surface area (Å²) in [5.41, 5.74) is 2.41. The Morgan fingerprint density at radius 3 is 2.15 bits per heavy atom. The number of anilines is 1. The number of rotatable bonds is 6. The van der Waals surface area contributed by atoms with Gasteiger partial charge in [0.1, 0.15) is 0 Å². The zero-order valence-corrected chi connectivity index (χ0v) is 16.5. The average Bonchev–Trinajstić information content (AvgIpc) is 2.54. The molecule has 0 fully saturated rings. The Labute approximate surface area is 156 Å². The van der Waals surface area contributed by atoms with Crippen molar-refractivity contribution in [1.82, 2.24) is 4.31 Å². The first-order valence-electron chi connectivity index (χ1n) is 8.46. The molecule has 0 atom stereocenters. The van der Waals surface area contributed by atoms with E-state index in [1.165, 1.54) is 4.31 Å². The van der Waals surface area contributed by atoms with Crippen molar-refractivity contribution >= 4 is 21.6 Å². The van der Waals surface area contributed by atoms with Gasteiger partial charge in [0.2, 0.25) is 15.9 Å². The molecule has 0 heterocycles.